The topological polar surface area (TPSA) is 0 Å². The molecule has 0 heterocycles. The van der Waals surface area contributed by atoms with E-state index in [2.05, 4.69) is 27.4 Å². The van der Waals surface area contributed by atoms with E-state index in [-0.39, 0.29) is 0 Å². The van der Waals surface area contributed by atoms with Gasteiger partial charge in [-0.3, -0.25) is 0 Å². The zero-order valence-electron chi connectivity index (χ0n) is 4.71. The summed E-state index contributed by atoms with van der Waals surface area (Å²) in [4.78, 5) is 0. The first-order chi connectivity index (χ1) is 2.56. The van der Waals surface area contributed by atoms with Crippen molar-refractivity contribution in [3.05, 3.63) is 6.66 Å². The van der Waals surface area contributed by atoms with Gasteiger partial charge in [-0.2, -0.15) is 0 Å². The summed E-state index contributed by atoms with van der Waals surface area (Å²) in [5.41, 5.74) is 0. The van der Waals surface area contributed by atoms with Crippen molar-refractivity contribution < 1.29 is 0 Å². The summed E-state index contributed by atoms with van der Waals surface area (Å²) in [6.45, 7) is 10.4. The van der Waals surface area contributed by atoms with Gasteiger partial charge in [-0.05, 0) is 11.8 Å². The van der Waals surface area contributed by atoms with Crippen LogP contribution in [0.25, 0.3) is 0 Å². The molecule has 0 aliphatic heterocycles. The molecular formula is C5H12P. The molecule has 0 saturated heterocycles. The average Bonchev–Trinajstić information content (AvgIpc) is 1.35. The van der Waals surface area contributed by atoms with E-state index in [9.17, 15) is 0 Å². The second-order valence-corrected chi connectivity index (χ2v) is 4.28. The number of hydrogen-bond donors (Lipinski definition) is 0. The third kappa shape index (κ3) is 4.43. The van der Waals surface area contributed by atoms with Crippen LogP contribution in [-0.2, 0) is 0 Å². The van der Waals surface area contributed by atoms with E-state index in [1.54, 1.807) is 0 Å². The molecule has 1 heteroatoms. The zero-order chi connectivity index (χ0) is 5.21. The zero-order valence-corrected chi connectivity index (χ0v) is 5.71. The number of rotatable bonds is 0. The maximum Gasteiger partial charge on any atom is -0.0207 e. The highest BCUT2D eigenvalue weighted by Gasteiger charge is 2.03. The van der Waals surface area contributed by atoms with E-state index >= 15 is 0 Å². The molecule has 1 radical (unpaired) electrons. The summed E-state index contributed by atoms with van der Waals surface area (Å²) in [6, 6.07) is 0. The van der Waals surface area contributed by atoms with Crippen LogP contribution in [0, 0.1) is 6.66 Å². The van der Waals surface area contributed by atoms with Crippen molar-refractivity contribution >= 4 is 8.58 Å². The van der Waals surface area contributed by atoms with Gasteiger partial charge in [-0.15, -0.1) is 8.58 Å². The van der Waals surface area contributed by atoms with Crippen molar-refractivity contribution in [2.24, 2.45) is 0 Å². The highest BCUT2D eigenvalue weighted by molar-refractivity contribution is 7.41. The molecule has 6 heavy (non-hydrogen) atoms. The second-order valence-electron chi connectivity index (χ2n) is 2.43. The molecule has 0 rings (SSSR count). The van der Waals surface area contributed by atoms with Crippen LogP contribution in [0.1, 0.15) is 20.8 Å². The van der Waals surface area contributed by atoms with Crippen LogP contribution in [0.4, 0.5) is 0 Å². The minimum Gasteiger partial charge on any atom is -0.116 e. The Morgan fingerprint density at radius 3 is 1.50 bits per heavy atom. The first-order valence-corrected chi connectivity index (χ1v) is 3.31. The Hall–Kier alpha value is 0.430. The van der Waals surface area contributed by atoms with Crippen LogP contribution in [0.2, 0.25) is 0 Å². The van der Waals surface area contributed by atoms with E-state index in [1.165, 1.54) is 0 Å². The Balaban J connectivity index is 3.17. The largest absolute Gasteiger partial charge is 0.116 e. The minimum absolute atomic E-state index is 0.458. The Morgan fingerprint density at radius 1 is 1.33 bits per heavy atom. The summed E-state index contributed by atoms with van der Waals surface area (Å²) >= 11 is 0. The molecule has 0 fully saturated rings. The molecule has 0 aromatic rings. The Bertz CT molecular complexity index is 33.7. The fourth-order valence-corrected chi connectivity index (χ4v) is 0. The van der Waals surface area contributed by atoms with Gasteiger partial charge in [0, 0.05) is 0 Å². The average molecular weight is 103 g/mol. The third-order valence-electron chi connectivity index (χ3n) is 0.530. The van der Waals surface area contributed by atoms with Crippen molar-refractivity contribution in [2.45, 2.75) is 25.9 Å². The van der Waals surface area contributed by atoms with E-state index < -0.39 is 0 Å². The van der Waals surface area contributed by atoms with Gasteiger partial charge in [0.15, 0.2) is 0 Å². The lowest BCUT2D eigenvalue weighted by atomic mass is 10.3. The van der Waals surface area contributed by atoms with Gasteiger partial charge < -0.3 is 0 Å². The molecule has 0 nitrogen and oxygen atoms in total. The van der Waals surface area contributed by atoms with Crippen molar-refractivity contribution in [3.8, 4) is 0 Å². The van der Waals surface area contributed by atoms with Gasteiger partial charge in [0.25, 0.3) is 0 Å². The Morgan fingerprint density at radius 2 is 1.50 bits per heavy atom. The van der Waals surface area contributed by atoms with Gasteiger partial charge in [0.2, 0.25) is 0 Å². The van der Waals surface area contributed by atoms with Crippen molar-refractivity contribution in [2.75, 3.05) is 0 Å². The quantitative estimate of drug-likeness (QED) is 0.412. The van der Waals surface area contributed by atoms with Crippen molar-refractivity contribution in [3.63, 3.8) is 0 Å². The molecule has 37 valence electrons. The summed E-state index contributed by atoms with van der Waals surface area (Å²) in [5, 5.41) is 0.458. The van der Waals surface area contributed by atoms with Crippen LogP contribution in [0.15, 0.2) is 0 Å². The van der Waals surface area contributed by atoms with Crippen LogP contribution >= 0.6 is 8.58 Å². The van der Waals surface area contributed by atoms with Crippen molar-refractivity contribution in [1.82, 2.24) is 0 Å². The molecule has 0 saturated carbocycles. The summed E-state index contributed by atoms with van der Waals surface area (Å²) < 4.78 is 0. The molecular weight excluding hydrogens is 91.0 g/mol. The van der Waals surface area contributed by atoms with Gasteiger partial charge in [-0.25, -0.2) is 0 Å². The van der Waals surface area contributed by atoms with Gasteiger partial charge >= 0.3 is 0 Å². The van der Waals surface area contributed by atoms with Gasteiger partial charge in [0.1, 0.15) is 0 Å². The molecule has 0 spiro atoms. The molecule has 0 bridgehead atoms. The maximum atomic E-state index is 3.78. The van der Waals surface area contributed by atoms with E-state index in [0.717, 1.165) is 8.58 Å². The summed E-state index contributed by atoms with van der Waals surface area (Å²) in [7, 11) is 0.817. The molecule has 0 aromatic carbocycles. The first-order valence-electron chi connectivity index (χ1n) is 2.10. The van der Waals surface area contributed by atoms with Crippen LogP contribution in [-0.4, -0.2) is 5.16 Å². The summed E-state index contributed by atoms with van der Waals surface area (Å²) in [6.07, 6.45) is 0. The lowest BCUT2D eigenvalue weighted by Gasteiger charge is -2.12. The normalized spacial score (nSPS) is 14.0. The van der Waals surface area contributed by atoms with Crippen molar-refractivity contribution in [1.29, 1.82) is 0 Å². The fraction of sp³-hybridized carbons (Fsp3) is 0.800. The van der Waals surface area contributed by atoms with Gasteiger partial charge in [0.05, 0.1) is 0 Å². The maximum absolute atomic E-state index is 3.78. The number of hydrogen-bond acceptors (Lipinski definition) is 0. The Kier molecular flexibility index (Phi) is 2.07. The van der Waals surface area contributed by atoms with Gasteiger partial charge in [-0.1, -0.05) is 20.8 Å². The Labute approximate surface area is 42.1 Å². The molecule has 0 aromatic heterocycles. The van der Waals surface area contributed by atoms with E-state index in [1.807, 2.05) is 0 Å². The molecule has 0 amide bonds. The lowest BCUT2D eigenvalue weighted by Crippen LogP contribution is -2.01. The molecule has 1 atom stereocenters. The smallest absolute Gasteiger partial charge is 0.0207 e. The summed E-state index contributed by atoms with van der Waals surface area (Å²) in [5.74, 6) is 0. The molecule has 0 aliphatic carbocycles. The van der Waals surface area contributed by atoms with Crippen LogP contribution < -0.4 is 0 Å². The predicted molar refractivity (Wildman–Crippen MR) is 33.4 cm³/mol. The third-order valence-corrected chi connectivity index (χ3v) is 1.59. The highest BCUT2D eigenvalue weighted by atomic mass is 31.1. The SMILES string of the molecule is [CH2]PC(C)(C)C. The first kappa shape index (κ1) is 6.43. The highest BCUT2D eigenvalue weighted by Crippen LogP contribution is 2.27. The lowest BCUT2D eigenvalue weighted by molar-refractivity contribution is 0.798. The van der Waals surface area contributed by atoms with E-state index in [4.69, 9.17) is 0 Å². The molecule has 0 aliphatic rings. The molecule has 0 N–H and O–H groups in total. The standard InChI is InChI=1S/C5H12P/c1-5(2,3)6-4/h6H,4H2,1-3H3. The predicted octanol–water partition coefficient (Wildman–Crippen LogP) is 2.25. The van der Waals surface area contributed by atoms with E-state index in [0.29, 0.717) is 5.16 Å². The molecule has 1 unspecified atom stereocenters. The van der Waals surface area contributed by atoms with Crippen LogP contribution in [0.5, 0.6) is 0 Å². The fourth-order valence-electron chi connectivity index (χ4n) is 0. The monoisotopic (exact) mass is 103 g/mol. The minimum atomic E-state index is 0.458. The second kappa shape index (κ2) is 1.93. The van der Waals surface area contributed by atoms with Crippen LogP contribution in [0.3, 0.4) is 0 Å².